The smallest absolute Gasteiger partial charge is 0.408 e. The molecule has 1 rings (SSSR count). The van der Waals surface area contributed by atoms with E-state index >= 15 is 0 Å². The van der Waals surface area contributed by atoms with Crippen LogP contribution >= 0.6 is 11.8 Å². The van der Waals surface area contributed by atoms with E-state index in [1.807, 2.05) is 45.0 Å². The number of hydrogen-bond donors (Lipinski definition) is 2. The SMILES string of the molecule is Cc1ccc(CSC(C)(C)C(NC(=O)OC(C)(C)C)C(=O)O)cc1. The molecule has 1 atom stereocenters. The van der Waals surface area contributed by atoms with E-state index in [0.29, 0.717) is 5.75 Å². The molecule has 0 aromatic heterocycles. The standard InChI is InChI=1S/C18H27NO4S/c1-12-7-9-13(10-8-12)11-24-18(5,6)14(15(20)21)19-16(22)23-17(2,3)4/h7-10,14H,11H2,1-6H3,(H,19,22)(H,20,21). The molecule has 5 nitrogen and oxygen atoms in total. The maximum atomic E-state index is 11.9. The Morgan fingerprint density at radius 1 is 1.17 bits per heavy atom. The molecule has 0 aliphatic rings. The number of hydrogen-bond acceptors (Lipinski definition) is 4. The minimum Gasteiger partial charge on any atom is -0.480 e. The zero-order valence-corrected chi connectivity index (χ0v) is 16.0. The van der Waals surface area contributed by atoms with E-state index in [4.69, 9.17) is 4.74 Å². The largest absolute Gasteiger partial charge is 0.480 e. The normalized spacial score (nSPS) is 13.2. The molecule has 2 N–H and O–H groups in total. The van der Waals surface area contributed by atoms with Gasteiger partial charge in [-0.3, -0.25) is 0 Å². The monoisotopic (exact) mass is 353 g/mol. The molecular weight excluding hydrogens is 326 g/mol. The third-order valence-electron chi connectivity index (χ3n) is 3.33. The van der Waals surface area contributed by atoms with Crippen molar-refractivity contribution in [2.24, 2.45) is 0 Å². The average Bonchev–Trinajstić information content (AvgIpc) is 2.42. The topological polar surface area (TPSA) is 75.6 Å². The number of carbonyl (C=O) groups is 2. The van der Waals surface area contributed by atoms with Crippen molar-refractivity contribution in [1.29, 1.82) is 0 Å². The molecule has 0 spiro atoms. The van der Waals surface area contributed by atoms with E-state index in [0.717, 1.165) is 5.56 Å². The van der Waals surface area contributed by atoms with Gasteiger partial charge in [0.2, 0.25) is 0 Å². The van der Waals surface area contributed by atoms with Crippen molar-refractivity contribution in [3.8, 4) is 0 Å². The van der Waals surface area contributed by atoms with Gasteiger partial charge in [-0.2, -0.15) is 0 Å². The number of ether oxygens (including phenoxy) is 1. The lowest BCUT2D eigenvalue weighted by molar-refractivity contribution is -0.140. The Hall–Kier alpha value is -1.69. The molecule has 0 heterocycles. The van der Waals surface area contributed by atoms with Gasteiger partial charge in [-0.1, -0.05) is 29.8 Å². The number of rotatable bonds is 6. The number of carboxylic acid groups (broad SMARTS) is 1. The zero-order chi connectivity index (χ0) is 18.5. The Labute approximate surface area is 148 Å². The summed E-state index contributed by atoms with van der Waals surface area (Å²) in [5.41, 5.74) is 1.62. The molecule has 0 saturated carbocycles. The molecule has 0 bridgehead atoms. The van der Waals surface area contributed by atoms with E-state index in [2.05, 4.69) is 5.32 Å². The summed E-state index contributed by atoms with van der Waals surface area (Å²) in [5, 5.41) is 12.0. The summed E-state index contributed by atoms with van der Waals surface area (Å²) in [7, 11) is 0. The Kier molecular flexibility index (Phi) is 6.72. The highest BCUT2D eigenvalue weighted by Crippen LogP contribution is 2.32. The average molecular weight is 353 g/mol. The van der Waals surface area contributed by atoms with Crippen LogP contribution in [-0.4, -0.2) is 33.6 Å². The van der Waals surface area contributed by atoms with Crippen molar-refractivity contribution >= 4 is 23.8 Å². The molecule has 24 heavy (non-hydrogen) atoms. The molecule has 1 aromatic carbocycles. The van der Waals surface area contributed by atoms with E-state index in [1.54, 1.807) is 20.8 Å². The van der Waals surface area contributed by atoms with Crippen LogP contribution in [0.15, 0.2) is 24.3 Å². The molecular formula is C18H27NO4S. The first kappa shape index (κ1) is 20.4. The number of thioether (sulfide) groups is 1. The molecule has 1 aromatic rings. The quantitative estimate of drug-likeness (QED) is 0.809. The van der Waals surface area contributed by atoms with Gasteiger partial charge in [-0.05, 0) is 47.1 Å². The molecule has 134 valence electrons. The molecule has 6 heteroatoms. The highest BCUT2D eigenvalue weighted by Gasteiger charge is 2.38. The van der Waals surface area contributed by atoms with E-state index in [1.165, 1.54) is 17.3 Å². The number of carbonyl (C=O) groups excluding carboxylic acids is 1. The third kappa shape index (κ3) is 6.83. The van der Waals surface area contributed by atoms with Crippen LogP contribution in [0.4, 0.5) is 4.79 Å². The summed E-state index contributed by atoms with van der Waals surface area (Å²) >= 11 is 1.48. The zero-order valence-electron chi connectivity index (χ0n) is 15.2. The fourth-order valence-corrected chi connectivity index (χ4v) is 3.05. The first-order chi connectivity index (χ1) is 10.9. The minimum absolute atomic E-state index is 0.660. The molecule has 1 unspecified atom stereocenters. The fourth-order valence-electron chi connectivity index (χ4n) is 2.00. The Morgan fingerprint density at radius 2 is 1.71 bits per heavy atom. The van der Waals surface area contributed by atoms with E-state index in [9.17, 15) is 14.7 Å². The molecule has 0 saturated heterocycles. The summed E-state index contributed by atoms with van der Waals surface area (Å²) < 4.78 is 4.47. The van der Waals surface area contributed by atoms with Crippen molar-refractivity contribution in [3.63, 3.8) is 0 Å². The summed E-state index contributed by atoms with van der Waals surface area (Å²) in [5.74, 6) is -0.421. The van der Waals surface area contributed by atoms with Crippen molar-refractivity contribution in [3.05, 3.63) is 35.4 Å². The van der Waals surface area contributed by atoms with Crippen LogP contribution in [0.1, 0.15) is 45.7 Å². The molecule has 0 aliphatic heterocycles. The number of aliphatic carboxylic acids is 1. The second-order valence-electron chi connectivity index (χ2n) is 7.30. The van der Waals surface area contributed by atoms with Crippen LogP contribution < -0.4 is 5.32 Å². The van der Waals surface area contributed by atoms with Crippen molar-refractivity contribution < 1.29 is 19.4 Å². The van der Waals surface area contributed by atoms with Crippen LogP contribution in [-0.2, 0) is 15.3 Å². The van der Waals surface area contributed by atoms with Gasteiger partial charge in [0, 0.05) is 10.5 Å². The first-order valence-electron chi connectivity index (χ1n) is 7.82. The number of nitrogens with one attached hydrogen (secondary N) is 1. The highest BCUT2D eigenvalue weighted by atomic mass is 32.2. The van der Waals surface area contributed by atoms with Crippen LogP contribution in [0.5, 0.6) is 0 Å². The lowest BCUT2D eigenvalue weighted by Gasteiger charge is -2.32. The maximum Gasteiger partial charge on any atom is 0.408 e. The van der Waals surface area contributed by atoms with Crippen LogP contribution in [0.3, 0.4) is 0 Å². The lowest BCUT2D eigenvalue weighted by atomic mass is 10.0. The van der Waals surface area contributed by atoms with Crippen molar-refractivity contribution in [2.75, 3.05) is 0 Å². The maximum absolute atomic E-state index is 11.9. The van der Waals surface area contributed by atoms with Gasteiger partial charge in [0.05, 0.1) is 0 Å². The van der Waals surface area contributed by atoms with Gasteiger partial charge in [0.25, 0.3) is 0 Å². The minimum atomic E-state index is -1.08. The molecule has 1 amide bonds. The second-order valence-corrected chi connectivity index (χ2v) is 8.92. The third-order valence-corrected chi connectivity index (χ3v) is 4.79. The summed E-state index contributed by atoms with van der Waals surface area (Å²) in [6, 6.07) is 7.04. The molecule has 0 fully saturated rings. The lowest BCUT2D eigenvalue weighted by Crippen LogP contribution is -2.53. The Bertz CT molecular complexity index is 576. The fraction of sp³-hybridized carbons (Fsp3) is 0.556. The Balaban J connectivity index is 2.75. The van der Waals surface area contributed by atoms with Crippen LogP contribution in [0.25, 0.3) is 0 Å². The molecule has 0 radical (unpaired) electrons. The van der Waals surface area contributed by atoms with Crippen molar-refractivity contribution in [2.45, 2.75) is 63.7 Å². The van der Waals surface area contributed by atoms with Gasteiger partial charge in [0.15, 0.2) is 0 Å². The van der Waals surface area contributed by atoms with Gasteiger partial charge in [0.1, 0.15) is 11.6 Å². The first-order valence-corrected chi connectivity index (χ1v) is 8.81. The summed E-state index contributed by atoms with van der Waals surface area (Å²) in [6.07, 6.45) is -0.723. The highest BCUT2D eigenvalue weighted by molar-refractivity contribution is 7.99. The van der Waals surface area contributed by atoms with Gasteiger partial charge >= 0.3 is 12.1 Å². The molecule has 0 aliphatic carbocycles. The second kappa shape index (κ2) is 7.92. The van der Waals surface area contributed by atoms with Gasteiger partial charge in [-0.25, -0.2) is 9.59 Å². The van der Waals surface area contributed by atoms with Gasteiger partial charge < -0.3 is 15.2 Å². The Morgan fingerprint density at radius 3 is 2.17 bits per heavy atom. The van der Waals surface area contributed by atoms with Crippen LogP contribution in [0.2, 0.25) is 0 Å². The predicted molar refractivity (Wildman–Crippen MR) is 97.3 cm³/mol. The number of benzene rings is 1. The summed E-state index contributed by atoms with van der Waals surface area (Å²) in [6.45, 7) is 10.8. The van der Waals surface area contributed by atoms with Gasteiger partial charge in [-0.15, -0.1) is 11.8 Å². The predicted octanol–water partition coefficient (Wildman–Crippen LogP) is 3.98. The van der Waals surface area contributed by atoms with Crippen molar-refractivity contribution in [1.82, 2.24) is 5.32 Å². The number of alkyl carbamates (subject to hydrolysis) is 1. The number of carboxylic acids is 1. The number of amides is 1. The summed E-state index contributed by atoms with van der Waals surface area (Å²) in [4.78, 5) is 23.5. The van der Waals surface area contributed by atoms with E-state index < -0.39 is 28.5 Å². The van der Waals surface area contributed by atoms with Crippen LogP contribution in [0, 0.1) is 6.92 Å². The van der Waals surface area contributed by atoms with E-state index in [-0.39, 0.29) is 0 Å². The number of aryl methyl sites for hydroxylation is 1.